The van der Waals surface area contributed by atoms with E-state index in [1.54, 1.807) is 37.3 Å². The molecule has 0 saturated carbocycles. The molecular formula is C13H12ClFN2. The van der Waals surface area contributed by atoms with Crippen molar-refractivity contribution in [3.63, 3.8) is 0 Å². The van der Waals surface area contributed by atoms with E-state index in [4.69, 9.17) is 17.3 Å². The van der Waals surface area contributed by atoms with Crippen molar-refractivity contribution in [1.29, 1.82) is 0 Å². The summed E-state index contributed by atoms with van der Waals surface area (Å²) in [5, 5.41) is 3.62. The van der Waals surface area contributed by atoms with Gasteiger partial charge in [0, 0.05) is 5.69 Å². The molecule has 0 radical (unpaired) electrons. The highest BCUT2D eigenvalue weighted by Crippen LogP contribution is 2.31. The highest BCUT2D eigenvalue weighted by molar-refractivity contribution is 6.34. The second-order valence-electron chi connectivity index (χ2n) is 3.79. The number of halogens is 2. The van der Waals surface area contributed by atoms with E-state index in [1.165, 1.54) is 6.07 Å². The first-order chi connectivity index (χ1) is 8.08. The molecule has 0 atom stereocenters. The van der Waals surface area contributed by atoms with E-state index in [9.17, 15) is 4.39 Å². The quantitative estimate of drug-likeness (QED) is 0.787. The fraction of sp³-hybridized carbons (Fsp3) is 0.0769. The van der Waals surface area contributed by atoms with Crippen LogP contribution in [-0.4, -0.2) is 0 Å². The number of nitrogens with one attached hydrogen (secondary N) is 1. The minimum Gasteiger partial charge on any atom is -0.397 e. The molecule has 17 heavy (non-hydrogen) atoms. The molecule has 0 aliphatic rings. The minimum atomic E-state index is -0.234. The molecule has 0 aromatic heterocycles. The Morgan fingerprint density at radius 3 is 2.65 bits per heavy atom. The van der Waals surface area contributed by atoms with Gasteiger partial charge in [-0.1, -0.05) is 17.7 Å². The van der Waals surface area contributed by atoms with Gasteiger partial charge in [0.25, 0.3) is 0 Å². The summed E-state index contributed by atoms with van der Waals surface area (Å²) in [4.78, 5) is 0. The molecule has 4 heteroatoms. The summed E-state index contributed by atoms with van der Waals surface area (Å²) in [6.45, 7) is 1.70. The zero-order valence-electron chi connectivity index (χ0n) is 9.30. The average Bonchev–Trinajstić information content (AvgIpc) is 2.28. The Kier molecular flexibility index (Phi) is 3.20. The van der Waals surface area contributed by atoms with Crippen molar-refractivity contribution in [2.24, 2.45) is 0 Å². The topological polar surface area (TPSA) is 38.0 Å². The van der Waals surface area contributed by atoms with Crippen molar-refractivity contribution in [2.45, 2.75) is 6.92 Å². The minimum absolute atomic E-state index is 0.234. The van der Waals surface area contributed by atoms with Crippen LogP contribution in [0.2, 0.25) is 5.02 Å². The maximum Gasteiger partial charge on any atom is 0.126 e. The van der Waals surface area contributed by atoms with Gasteiger partial charge in [0.1, 0.15) is 5.82 Å². The fourth-order valence-corrected chi connectivity index (χ4v) is 1.77. The smallest absolute Gasteiger partial charge is 0.126 e. The van der Waals surface area contributed by atoms with Crippen LogP contribution in [0.1, 0.15) is 5.56 Å². The van der Waals surface area contributed by atoms with E-state index < -0.39 is 0 Å². The summed E-state index contributed by atoms with van der Waals surface area (Å²) in [5.74, 6) is -0.234. The number of hydrogen-bond donors (Lipinski definition) is 2. The third kappa shape index (κ3) is 2.50. The number of aryl methyl sites for hydroxylation is 1. The number of hydrogen-bond acceptors (Lipinski definition) is 2. The lowest BCUT2D eigenvalue weighted by Gasteiger charge is -2.11. The summed E-state index contributed by atoms with van der Waals surface area (Å²) < 4.78 is 13.1. The van der Waals surface area contributed by atoms with Gasteiger partial charge in [-0.15, -0.1) is 0 Å². The molecular weight excluding hydrogens is 239 g/mol. The number of benzene rings is 2. The second kappa shape index (κ2) is 4.63. The Hall–Kier alpha value is -1.74. The molecule has 0 aliphatic heterocycles. The first-order valence-corrected chi connectivity index (χ1v) is 5.53. The Balaban J connectivity index is 2.35. The van der Waals surface area contributed by atoms with E-state index in [-0.39, 0.29) is 5.82 Å². The molecule has 2 aromatic carbocycles. The van der Waals surface area contributed by atoms with Gasteiger partial charge < -0.3 is 11.1 Å². The van der Waals surface area contributed by atoms with Crippen LogP contribution in [0.4, 0.5) is 21.5 Å². The molecule has 0 heterocycles. The maximum atomic E-state index is 13.1. The molecule has 3 N–H and O–H groups in total. The molecule has 0 saturated heterocycles. The van der Waals surface area contributed by atoms with E-state index >= 15 is 0 Å². The van der Waals surface area contributed by atoms with Crippen molar-refractivity contribution in [2.75, 3.05) is 11.1 Å². The molecule has 2 nitrogen and oxygen atoms in total. The fourth-order valence-electron chi connectivity index (χ4n) is 1.54. The van der Waals surface area contributed by atoms with E-state index in [0.29, 0.717) is 22.0 Å². The number of anilines is 3. The van der Waals surface area contributed by atoms with E-state index in [0.717, 1.165) is 5.69 Å². The largest absolute Gasteiger partial charge is 0.397 e. The van der Waals surface area contributed by atoms with Gasteiger partial charge in [0.05, 0.1) is 16.4 Å². The predicted octanol–water partition coefficient (Wildman–Crippen LogP) is 4.11. The number of nitrogens with two attached hydrogens (primary N) is 1. The molecule has 2 aromatic rings. The van der Waals surface area contributed by atoms with Crippen LogP contribution in [0.15, 0.2) is 36.4 Å². The third-order valence-corrected chi connectivity index (χ3v) is 2.79. The maximum absolute atomic E-state index is 13.1. The van der Waals surface area contributed by atoms with Gasteiger partial charge in [-0.25, -0.2) is 4.39 Å². The van der Waals surface area contributed by atoms with E-state index in [2.05, 4.69) is 5.32 Å². The van der Waals surface area contributed by atoms with Crippen LogP contribution >= 0.6 is 11.6 Å². The first-order valence-electron chi connectivity index (χ1n) is 5.15. The lowest BCUT2D eigenvalue weighted by Crippen LogP contribution is -1.97. The van der Waals surface area contributed by atoms with Crippen LogP contribution in [0.5, 0.6) is 0 Å². The predicted molar refractivity (Wildman–Crippen MR) is 70.3 cm³/mol. The highest BCUT2D eigenvalue weighted by Gasteiger charge is 2.05. The highest BCUT2D eigenvalue weighted by atomic mass is 35.5. The number of para-hydroxylation sites is 1. The van der Waals surface area contributed by atoms with Crippen LogP contribution in [0, 0.1) is 12.7 Å². The van der Waals surface area contributed by atoms with Crippen molar-refractivity contribution in [3.05, 3.63) is 52.8 Å². The van der Waals surface area contributed by atoms with Crippen molar-refractivity contribution in [3.8, 4) is 0 Å². The summed E-state index contributed by atoms with van der Waals surface area (Å²) in [7, 11) is 0. The monoisotopic (exact) mass is 250 g/mol. The summed E-state index contributed by atoms with van der Waals surface area (Å²) in [6, 6.07) is 10.0. The average molecular weight is 251 g/mol. The molecule has 2 rings (SSSR count). The summed E-state index contributed by atoms with van der Waals surface area (Å²) >= 11 is 6.03. The van der Waals surface area contributed by atoms with Gasteiger partial charge in [-0.2, -0.15) is 0 Å². The molecule has 0 fully saturated rings. The van der Waals surface area contributed by atoms with Gasteiger partial charge in [-0.3, -0.25) is 0 Å². The van der Waals surface area contributed by atoms with Crippen molar-refractivity contribution >= 4 is 28.7 Å². The second-order valence-corrected chi connectivity index (χ2v) is 4.20. The lowest BCUT2D eigenvalue weighted by molar-refractivity contribution is 0.619. The van der Waals surface area contributed by atoms with Crippen LogP contribution in [0.25, 0.3) is 0 Å². The number of rotatable bonds is 2. The Bertz CT molecular complexity index is 535. The lowest BCUT2D eigenvalue weighted by atomic mass is 10.2. The van der Waals surface area contributed by atoms with Crippen LogP contribution in [-0.2, 0) is 0 Å². The Labute approximate surface area is 104 Å². The summed E-state index contributed by atoms with van der Waals surface area (Å²) in [5.41, 5.74) is 8.33. The summed E-state index contributed by atoms with van der Waals surface area (Å²) in [6.07, 6.45) is 0. The normalized spacial score (nSPS) is 10.3. The zero-order chi connectivity index (χ0) is 12.4. The standard InChI is InChI=1S/C13H12ClFN2/c1-8-7-9(5-6-11(8)15)17-13-10(14)3-2-4-12(13)16/h2-7,17H,16H2,1H3. The first kappa shape index (κ1) is 11.7. The molecule has 0 amide bonds. The molecule has 0 unspecified atom stereocenters. The molecule has 0 bridgehead atoms. The van der Waals surface area contributed by atoms with Gasteiger partial charge in [0.2, 0.25) is 0 Å². The molecule has 0 spiro atoms. The van der Waals surface area contributed by atoms with Crippen LogP contribution in [0.3, 0.4) is 0 Å². The van der Waals surface area contributed by atoms with Crippen molar-refractivity contribution < 1.29 is 4.39 Å². The SMILES string of the molecule is Cc1cc(Nc2c(N)cccc2Cl)ccc1F. The third-order valence-electron chi connectivity index (χ3n) is 2.47. The number of nitrogen functional groups attached to an aromatic ring is 1. The van der Waals surface area contributed by atoms with Crippen molar-refractivity contribution in [1.82, 2.24) is 0 Å². The van der Waals surface area contributed by atoms with Gasteiger partial charge in [-0.05, 0) is 42.8 Å². The van der Waals surface area contributed by atoms with E-state index in [1.807, 2.05) is 0 Å². The Morgan fingerprint density at radius 2 is 2.00 bits per heavy atom. The van der Waals surface area contributed by atoms with Gasteiger partial charge in [0.15, 0.2) is 0 Å². The molecule has 0 aliphatic carbocycles. The zero-order valence-corrected chi connectivity index (χ0v) is 10.1. The van der Waals surface area contributed by atoms with Crippen LogP contribution < -0.4 is 11.1 Å². The molecule has 88 valence electrons. The Morgan fingerprint density at radius 1 is 1.24 bits per heavy atom. The van der Waals surface area contributed by atoms with Gasteiger partial charge >= 0.3 is 0 Å².